The molecule has 0 bridgehead atoms. The van der Waals surface area contributed by atoms with Crippen LogP contribution in [0.25, 0.3) is 0 Å². The Morgan fingerprint density at radius 1 is 1.33 bits per heavy atom. The van der Waals surface area contributed by atoms with E-state index in [1.54, 1.807) is 6.26 Å². The Labute approximate surface area is 162 Å². The van der Waals surface area contributed by atoms with Crippen LogP contribution in [0.3, 0.4) is 0 Å². The molecule has 3 fully saturated rings. The highest BCUT2D eigenvalue weighted by Gasteiger charge is 2.58. The number of furan rings is 1. The number of rotatable bonds is 5. The Balaban J connectivity index is 1.38. The number of aliphatic imine (C=N–C) groups is 1. The lowest BCUT2D eigenvalue weighted by atomic mass is 9.55. The summed E-state index contributed by atoms with van der Waals surface area (Å²) in [7, 11) is 1.85. The largest absolute Gasteiger partial charge is 0.468 e. The second-order valence-corrected chi connectivity index (χ2v) is 8.77. The molecule has 6 nitrogen and oxygen atoms in total. The number of hydrogen-bond donors (Lipinski definition) is 2. The van der Waals surface area contributed by atoms with Gasteiger partial charge in [0.1, 0.15) is 5.76 Å². The standard InChI is InChI=1S/C21H34N4O2/c1-21(2)18(15-8-6-13-27-19(15)21)24-20(22-3)23-14-16(17-9-7-12-26-17)25-10-4-5-11-25/h7,9,12,15-16,18-19H,4-6,8,10-11,13-14H2,1-3H3,(H2,22,23,24). The molecule has 0 aromatic carbocycles. The fraction of sp³-hybridized carbons (Fsp3) is 0.762. The van der Waals surface area contributed by atoms with E-state index >= 15 is 0 Å². The molecule has 1 aromatic rings. The highest BCUT2D eigenvalue weighted by molar-refractivity contribution is 5.80. The van der Waals surface area contributed by atoms with Crippen molar-refractivity contribution >= 4 is 5.96 Å². The summed E-state index contributed by atoms with van der Waals surface area (Å²) in [6.45, 7) is 8.59. The van der Waals surface area contributed by atoms with Crippen LogP contribution in [0.15, 0.2) is 27.8 Å². The minimum atomic E-state index is 0.137. The summed E-state index contributed by atoms with van der Waals surface area (Å²) in [4.78, 5) is 7.01. The molecule has 1 aliphatic carbocycles. The maximum Gasteiger partial charge on any atom is 0.191 e. The Morgan fingerprint density at radius 2 is 2.15 bits per heavy atom. The van der Waals surface area contributed by atoms with Crippen LogP contribution < -0.4 is 10.6 Å². The molecule has 0 spiro atoms. The van der Waals surface area contributed by atoms with Crippen molar-refractivity contribution in [2.75, 3.05) is 33.3 Å². The third-order valence-corrected chi connectivity index (χ3v) is 6.76. The molecular weight excluding hydrogens is 340 g/mol. The lowest BCUT2D eigenvalue weighted by molar-refractivity contribution is -0.188. The van der Waals surface area contributed by atoms with Crippen molar-refractivity contribution in [1.29, 1.82) is 0 Å². The van der Waals surface area contributed by atoms with E-state index in [9.17, 15) is 0 Å². The number of fused-ring (bicyclic) bond motifs is 1. The second kappa shape index (κ2) is 7.84. The Kier molecular flexibility index (Phi) is 5.46. The summed E-state index contributed by atoms with van der Waals surface area (Å²) in [6.07, 6.45) is 7.09. The molecule has 0 radical (unpaired) electrons. The average molecular weight is 375 g/mol. The van der Waals surface area contributed by atoms with Gasteiger partial charge < -0.3 is 19.8 Å². The second-order valence-electron chi connectivity index (χ2n) is 8.77. The lowest BCUT2D eigenvalue weighted by Crippen LogP contribution is -2.71. The molecule has 4 atom stereocenters. The number of ether oxygens (including phenoxy) is 1. The van der Waals surface area contributed by atoms with E-state index in [1.165, 1.54) is 19.3 Å². The van der Waals surface area contributed by atoms with Crippen molar-refractivity contribution in [1.82, 2.24) is 15.5 Å². The van der Waals surface area contributed by atoms with Crippen LogP contribution in [0.5, 0.6) is 0 Å². The number of nitrogens with one attached hydrogen (secondary N) is 2. The van der Waals surface area contributed by atoms with Gasteiger partial charge in [0.15, 0.2) is 5.96 Å². The first-order chi connectivity index (χ1) is 13.1. The maximum absolute atomic E-state index is 6.03. The van der Waals surface area contributed by atoms with Crippen molar-refractivity contribution in [2.24, 2.45) is 16.3 Å². The summed E-state index contributed by atoms with van der Waals surface area (Å²) in [6, 6.07) is 4.72. The minimum Gasteiger partial charge on any atom is -0.468 e. The Hall–Kier alpha value is -1.53. The van der Waals surface area contributed by atoms with Crippen LogP contribution in [0, 0.1) is 11.3 Å². The molecule has 27 heavy (non-hydrogen) atoms. The molecule has 3 heterocycles. The van der Waals surface area contributed by atoms with Crippen LogP contribution in [0.2, 0.25) is 0 Å². The van der Waals surface area contributed by atoms with Crippen molar-refractivity contribution in [3.05, 3.63) is 24.2 Å². The van der Waals surface area contributed by atoms with Gasteiger partial charge in [-0.15, -0.1) is 0 Å². The summed E-state index contributed by atoms with van der Waals surface area (Å²) in [5.74, 6) is 2.50. The van der Waals surface area contributed by atoms with Crippen molar-refractivity contribution in [3.63, 3.8) is 0 Å². The summed E-state index contributed by atoms with van der Waals surface area (Å²) < 4.78 is 11.8. The van der Waals surface area contributed by atoms with Gasteiger partial charge in [0, 0.05) is 37.6 Å². The Bertz CT molecular complexity index is 637. The van der Waals surface area contributed by atoms with Gasteiger partial charge in [-0.3, -0.25) is 9.89 Å². The lowest BCUT2D eigenvalue weighted by Gasteiger charge is -2.60. The van der Waals surface area contributed by atoms with Gasteiger partial charge >= 0.3 is 0 Å². The monoisotopic (exact) mass is 374 g/mol. The normalized spacial score (nSPS) is 31.8. The molecule has 2 aliphatic heterocycles. The van der Waals surface area contributed by atoms with Crippen molar-refractivity contribution in [2.45, 2.75) is 57.7 Å². The molecular formula is C21H34N4O2. The van der Waals surface area contributed by atoms with Gasteiger partial charge in [-0.25, -0.2) is 0 Å². The van der Waals surface area contributed by atoms with Gasteiger partial charge in [-0.1, -0.05) is 13.8 Å². The zero-order valence-electron chi connectivity index (χ0n) is 16.9. The summed E-state index contributed by atoms with van der Waals surface area (Å²) >= 11 is 0. The number of hydrogen-bond acceptors (Lipinski definition) is 4. The SMILES string of the molecule is CN=C(NCC(c1ccco1)N1CCCC1)NC1C2CCCOC2C1(C)C. The maximum atomic E-state index is 6.03. The molecule has 6 heteroatoms. The highest BCUT2D eigenvalue weighted by atomic mass is 16.5. The van der Waals surface area contributed by atoms with Gasteiger partial charge in [0.05, 0.1) is 18.4 Å². The molecule has 4 unspecified atom stereocenters. The van der Waals surface area contributed by atoms with Crippen LogP contribution >= 0.6 is 0 Å². The summed E-state index contributed by atoms with van der Waals surface area (Å²) in [5, 5.41) is 7.26. The minimum absolute atomic E-state index is 0.137. The zero-order valence-corrected chi connectivity index (χ0v) is 16.9. The van der Waals surface area contributed by atoms with Gasteiger partial charge in [-0.05, 0) is 50.9 Å². The summed E-state index contributed by atoms with van der Waals surface area (Å²) in [5.41, 5.74) is 0.137. The zero-order chi connectivity index (χ0) is 18.9. The van der Waals surface area contributed by atoms with Crippen LogP contribution in [0.1, 0.15) is 51.3 Å². The Morgan fingerprint density at radius 3 is 2.85 bits per heavy atom. The number of likely N-dealkylation sites (tertiary alicyclic amines) is 1. The topological polar surface area (TPSA) is 62.0 Å². The first-order valence-electron chi connectivity index (χ1n) is 10.5. The van der Waals surface area contributed by atoms with E-state index in [2.05, 4.69) is 40.4 Å². The van der Waals surface area contributed by atoms with E-state index in [-0.39, 0.29) is 11.5 Å². The smallest absolute Gasteiger partial charge is 0.191 e. The fourth-order valence-electron chi connectivity index (χ4n) is 5.29. The van der Waals surface area contributed by atoms with E-state index in [0.717, 1.165) is 44.4 Å². The molecule has 1 saturated carbocycles. The average Bonchev–Trinajstić information content (AvgIpc) is 3.39. The number of guanidine groups is 1. The third-order valence-electron chi connectivity index (χ3n) is 6.76. The van der Waals surface area contributed by atoms with E-state index in [0.29, 0.717) is 18.1 Å². The van der Waals surface area contributed by atoms with Gasteiger partial charge in [0.2, 0.25) is 0 Å². The van der Waals surface area contributed by atoms with Crippen molar-refractivity contribution in [3.8, 4) is 0 Å². The predicted octanol–water partition coefficient (Wildman–Crippen LogP) is 2.79. The molecule has 2 saturated heterocycles. The van der Waals surface area contributed by atoms with Gasteiger partial charge in [-0.2, -0.15) is 0 Å². The highest BCUT2D eigenvalue weighted by Crippen LogP contribution is 2.51. The van der Waals surface area contributed by atoms with Crippen LogP contribution in [0.4, 0.5) is 0 Å². The number of nitrogens with zero attached hydrogens (tertiary/aromatic N) is 2. The van der Waals surface area contributed by atoms with E-state index in [1.807, 2.05) is 13.1 Å². The van der Waals surface area contributed by atoms with E-state index < -0.39 is 0 Å². The van der Waals surface area contributed by atoms with Crippen LogP contribution in [-0.2, 0) is 4.74 Å². The molecule has 2 N–H and O–H groups in total. The van der Waals surface area contributed by atoms with E-state index in [4.69, 9.17) is 9.15 Å². The molecule has 3 aliphatic rings. The third kappa shape index (κ3) is 3.61. The predicted molar refractivity (Wildman–Crippen MR) is 107 cm³/mol. The van der Waals surface area contributed by atoms with Crippen LogP contribution in [-0.4, -0.2) is 56.3 Å². The van der Waals surface area contributed by atoms with Crippen molar-refractivity contribution < 1.29 is 9.15 Å². The first-order valence-corrected chi connectivity index (χ1v) is 10.5. The first kappa shape index (κ1) is 18.8. The molecule has 1 aromatic heterocycles. The van der Waals surface area contributed by atoms with Gasteiger partial charge in [0.25, 0.3) is 0 Å². The molecule has 150 valence electrons. The quantitative estimate of drug-likeness (QED) is 0.613. The fourth-order valence-corrected chi connectivity index (χ4v) is 5.29. The molecule has 4 rings (SSSR count). The molecule has 0 amide bonds.